The van der Waals surface area contributed by atoms with Gasteiger partial charge in [-0.15, -0.1) is 0 Å². The lowest BCUT2D eigenvalue weighted by molar-refractivity contribution is -0.0809. The second kappa shape index (κ2) is 7.07. The Hall–Kier alpha value is -3.52. The summed E-state index contributed by atoms with van der Waals surface area (Å²) in [5.41, 5.74) is 0.887. The molecule has 2 heterocycles. The van der Waals surface area contributed by atoms with Crippen LogP contribution in [-0.2, 0) is 14.1 Å². The molecule has 0 spiro atoms. The van der Waals surface area contributed by atoms with E-state index in [4.69, 9.17) is 10.5 Å². The summed E-state index contributed by atoms with van der Waals surface area (Å²) in [4.78, 5) is 25.7. The van der Waals surface area contributed by atoms with E-state index in [1.54, 1.807) is 47.8 Å². The Labute approximate surface area is 176 Å². The molecule has 1 aliphatic rings. The summed E-state index contributed by atoms with van der Waals surface area (Å²) in [6.07, 6.45) is 3.23. The first kappa shape index (κ1) is 21.2. The predicted octanol–water partition coefficient (Wildman–Crippen LogP) is 2.07. The molecule has 0 aliphatic heterocycles. The standard InChI is InChI=1S/C22H26N6O2/c1-21(2)19(25-17(29)15-7-13(9-23)11-27(15)5)22(3,4)20(21)26-18(30)16-8-14(10-24)12-28(16)6/h7-8,11-12,19-20H,1-6H3,(H,25,29)(H,26,30). The number of carbonyl (C=O) groups excluding carboxylic acids is 2. The third-order valence-electron chi connectivity index (χ3n) is 6.26. The molecule has 3 rings (SSSR count). The van der Waals surface area contributed by atoms with Crippen LogP contribution in [0.5, 0.6) is 0 Å². The van der Waals surface area contributed by atoms with Crippen molar-refractivity contribution < 1.29 is 9.59 Å². The minimum atomic E-state index is -0.402. The molecule has 0 aromatic carbocycles. The number of aromatic nitrogens is 2. The molecule has 1 saturated carbocycles. The molecule has 2 aromatic heterocycles. The van der Waals surface area contributed by atoms with Crippen molar-refractivity contribution in [3.8, 4) is 12.1 Å². The van der Waals surface area contributed by atoms with Gasteiger partial charge in [-0.05, 0) is 12.1 Å². The normalized spacial score (nSPS) is 21.1. The Morgan fingerprint density at radius 3 is 1.43 bits per heavy atom. The van der Waals surface area contributed by atoms with Gasteiger partial charge in [-0.3, -0.25) is 9.59 Å². The fraction of sp³-hybridized carbons (Fsp3) is 0.455. The lowest BCUT2D eigenvalue weighted by Crippen LogP contribution is -2.77. The number of nitrogens with zero attached hydrogens (tertiary/aromatic N) is 4. The molecule has 1 aliphatic carbocycles. The molecule has 0 saturated heterocycles. The van der Waals surface area contributed by atoms with Crippen LogP contribution in [0.4, 0.5) is 0 Å². The van der Waals surface area contributed by atoms with E-state index in [0.717, 1.165) is 0 Å². The molecule has 0 radical (unpaired) electrons. The maximum Gasteiger partial charge on any atom is 0.268 e. The number of nitrogens with one attached hydrogen (secondary N) is 2. The van der Waals surface area contributed by atoms with Crippen molar-refractivity contribution in [3.05, 3.63) is 47.0 Å². The Bertz CT molecular complexity index is 1010. The number of carbonyl (C=O) groups is 2. The van der Waals surface area contributed by atoms with E-state index >= 15 is 0 Å². The van der Waals surface area contributed by atoms with Crippen molar-refractivity contribution in [2.75, 3.05) is 0 Å². The first-order valence-corrected chi connectivity index (χ1v) is 9.68. The number of aryl methyl sites for hydroxylation is 2. The van der Waals surface area contributed by atoms with Gasteiger partial charge >= 0.3 is 0 Å². The quantitative estimate of drug-likeness (QED) is 0.808. The minimum Gasteiger partial charge on any atom is -0.347 e. The van der Waals surface area contributed by atoms with Gasteiger partial charge < -0.3 is 19.8 Å². The lowest BCUT2D eigenvalue weighted by atomic mass is 9.48. The number of nitriles is 2. The fourth-order valence-electron chi connectivity index (χ4n) is 5.01. The molecule has 2 N–H and O–H groups in total. The van der Waals surface area contributed by atoms with Crippen molar-refractivity contribution in [1.29, 1.82) is 10.5 Å². The Kier molecular flexibility index (Phi) is 4.99. The Morgan fingerprint density at radius 2 is 1.17 bits per heavy atom. The number of rotatable bonds is 4. The monoisotopic (exact) mass is 406 g/mol. The Morgan fingerprint density at radius 1 is 0.833 bits per heavy atom. The topological polar surface area (TPSA) is 116 Å². The van der Waals surface area contributed by atoms with Crippen molar-refractivity contribution in [1.82, 2.24) is 19.8 Å². The molecule has 2 amide bonds. The second-order valence-electron chi connectivity index (χ2n) is 9.13. The maximum atomic E-state index is 12.8. The van der Waals surface area contributed by atoms with Crippen molar-refractivity contribution in [2.45, 2.75) is 39.8 Å². The van der Waals surface area contributed by atoms with Gasteiger partial charge in [-0.1, -0.05) is 27.7 Å². The molecule has 8 heteroatoms. The molecule has 0 unspecified atom stereocenters. The van der Waals surface area contributed by atoms with E-state index < -0.39 is 10.8 Å². The van der Waals surface area contributed by atoms with Crippen LogP contribution in [0.1, 0.15) is 59.8 Å². The molecule has 1 fully saturated rings. The highest BCUT2D eigenvalue weighted by atomic mass is 16.2. The van der Waals surface area contributed by atoms with Gasteiger partial charge in [0.15, 0.2) is 0 Å². The van der Waals surface area contributed by atoms with E-state index in [2.05, 4.69) is 10.6 Å². The number of hydrogen-bond donors (Lipinski definition) is 2. The number of amides is 2. The molecule has 8 nitrogen and oxygen atoms in total. The van der Waals surface area contributed by atoms with Gasteiger partial charge in [-0.25, -0.2) is 0 Å². The average molecular weight is 406 g/mol. The van der Waals surface area contributed by atoms with Crippen LogP contribution >= 0.6 is 0 Å². The van der Waals surface area contributed by atoms with Crippen LogP contribution < -0.4 is 10.6 Å². The van der Waals surface area contributed by atoms with Gasteiger partial charge in [0.25, 0.3) is 11.8 Å². The van der Waals surface area contributed by atoms with Gasteiger partial charge in [0.1, 0.15) is 23.5 Å². The van der Waals surface area contributed by atoms with Crippen molar-refractivity contribution in [3.63, 3.8) is 0 Å². The molecule has 30 heavy (non-hydrogen) atoms. The zero-order chi connectivity index (χ0) is 22.4. The second-order valence-corrected chi connectivity index (χ2v) is 9.13. The van der Waals surface area contributed by atoms with Gasteiger partial charge in [0.2, 0.25) is 0 Å². The zero-order valence-electron chi connectivity index (χ0n) is 18.1. The van der Waals surface area contributed by atoms with E-state index in [0.29, 0.717) is 22.5 Å². The lowest BCUT2D eigenvalue weighted by Gasteiger charge is -2.64. The molecular formula is C22H26N6O2. The van der Waals surface area contributed by atoms with Crippen molar-refractivity contribution >= 4 is 11.8 Å². The molecular weight excluding hydrogens is 380 g/mol. The summed E-state index contributed by atoms with van der Waals surface area (Å²) >= 11 is 0. The van der Waals surface area contributed by atoms with E-state index in [9.17, 15) is 9.59 Å². The smallest absolute Gasteiger partial charge is 0.268 e. The first-order chi connectivity index (χ1) is 13.9. The predicted molar refractivity (Wildman–Crippen MR) is 110 cm³/mol. The van der Waals surface area contributed by atoms with Gasteiger partial charge in [0.05, 0.1) is 11.1 Å². The van der Waals surface area contributed by atoms with Crippen LogP contribution in [0, 0.1) is 33.5 Å². The molecule has 156 valence electrons. The minimum absolute atomic E-state index is 0.189. The summed E-state index contributed by atoms with van der Waals surface area (Å²) in [5.74, 6) is -0.507. The van der Waals surface area contributed by atoms with Crippen LogP contribution in [0.2, 0.25) is 0 Å². The van der Waals surface area contributed by atoms with Crippen LogP contribution in [0.25, 0.3) is 0 Å². The highest BCUT2D eigenvalue weighted by Gasteiger charge is 2.62. The number of hydrogen-bond acceptors (Lipinski definition) is 4. The van der Waals surface area contributed by atoms with E-state index in [1.165, 1.54) is 0 Å². The summed E-state index contributed by atoms with van der Waals surface area (Å²) in [6.45, 7) is 8.02. The molecule has 0 bridgehead atoms. The van der Waals surface area contributed by atoms with Crippen LogP contribution in [0.15, 0.2) is 24.5 Å². The summed E-state index contributed by atoms with van der Waals surface area (Å²) < 4.78 is 3.27. The van der Waals surface area contributed by atoms with Crippen LogP contribution in [0.3, 0.4) is 0 Å². The highest BCUT2D eigenvalue weighted by Crippen LogP contribution is 2.54. The summed E-state index contributed by atoms with van der Waals surface area (Å²) in [6, 6.07) is 6.83. The third kappa shape index (κ3) is 3.25. The highest BCUT2D eigenvalue weighted by molar-refractivity contribution is 5.95. The summed E-state index contributed by atoms with van der Waals surface area (Å²) in [5, 5.41) is 24.3. The van der Waals surface area contributed by atoms with Gasteiger partial charge in [-0.2, -0.15) is 10.5 Å². The third-order valence-corrected chi connectivity index (χ3v) is 6.26. The average Bonchev–Trinajstić information content (AvgIpc) is 3.25. The van der Waals surface area contributed by atoms with E-state index in [-0.39, 0.29) is 23.9 Å². The largest absolute Gasteiger partial charge is 0.347 e. The van der Waals surface area contributed by atoms with Gasteiger partial charge in [0, 0.05) is 49.4 Å². The van der Waals surface area contributed by atoms with Crippen LogP contribution in [-0.4, -0.2) is 33.0 Å². The SMILES string of the molecule is Cn1cc(C#N)cc1C(=O)NC1C(C)(C)C(NC(=O)c2cc(C#N)cn2C)C1(C)C. The summed E-state index contributed by atoms with van der Waals surface area (Å²) in [7, 11) is 3.45. The first-order valence-electron chi connectivity index (χ1n) is 9.68. The molecule has 0 atom stereocenters. The van der Waals surface area contributed by atoms with E-state index in [1.807, 2.05) is 39.8 Å². The van der Waals surface area contributed by atoms with Crippen molar-refractivity contribution in [2.24, 2.45) is 24.9 Å². The fourth-order valence-corrected chi connectivity index (χ4v) is 5.01. The molecule has 2 aromatic rings. The maximum absolute atomic E-state index is 12.8. The zero-order valence-corrected chi connectivity index (χ0v) is 18.1. The Balaban J connectivity index is 1.77.